The minimum Gasteiger partial charge on any atom is -0.465 e. The lowest BCUT2D eigenvalue weighted by Gasteiger charge is -2.39. The van der Waals surface area contributed by atoms with E-state index in [1.807, 2.05) is 0 Å². The van der Waals surface area contributed by atoms with Crippen LogP contribution in [0.4, 0.5) is 0 Å². The molecule has 0 aromatic rings. The molecule has 3 amide bonds. The molecular weight excluding hydrogens is 392 g/mol. The summed E-state index contributed by atoms with van der Waals surface area (Å²) in [6, 6.07) is 0. The molecule has 0 bridgehead atoms. The van der Waals surface area contributed by atoms with Gasteiger partial charge in [-0.15, -0.1) is 0 Å². The van der Waals surface area contributed by atoms with Gasteiger partial charge in [-0.05, 0) is 40.5 Å². The van der Waals surface area contributed by atoms with Crippen LogP contribution in [0.1, 0.15) is 54.4 Å². The van der Waals surface area contributed by atoms with Crippen LogP contribution in [0.5, 0.6) is 0 Å². The molecule has 0 saturated heterocycles. The number of aliphatic hydroxyl groups excluding tert-OH is 2. The van der Waals surface area contributed by atoms with Crippen LogP contribution in [0.2, 0.25) is 0 Å². The first-order chi connectivity index (χ1) is 13.7. The maximum atomic E-state index is 12.7. The van der Waals surface area contributed by atoms with Crippen molar-refractivity contribution in [1.82, 2.24) is 10.2 Å². The van der Waals surface area contributed by atoms with Crippen LogP contribution >= 0.6 is 0 Å². The molecule has 0 spiro atoms. The predicted molar refractivity (Wildman–Crippen MR) is 109 cm³/mol. The highest BCUT2D eigenvalue weighted by molar-refractivity contribution is 6.13. The van der Waals surface area contributed by atoms with Crippen LogP contribution in [-0.4, -0.2) is 70.2 Å². The van der Waals surface area contributed by atoms with Crippen LogP contribution < -0.4 is 5.32 Å². The summed E-state index contributed by atoms with van der Waals surface area (Å²) in [6.45, 7) is 9.86. The number of rotatable bonds is 11. The summed E-state index contributed by atoms with van der Waals surface area (Å²) in [4.78, 5) is 49.9. The fourth-order valence-electron chi connectivity index (χ4n) is 3.50. The second-order valence-corrected chi connectivity index (χ2v) is 9.55. The van der Waals surface area contributed by atoms with E-state index in [9.17, 15) is 24.3 Å². The third-order valence-corrected chi connectivity index (χ3v) is 5.04. The average molecular weight is 427 g/mol. The van der Waals surface area contributed by atoms with Gasteiger partial charge in [0.15, 0.2) is 0 Å². The molecule has 1 heterocycles. The van der Waals surface area contributed by atoms with E-state index in [1.54, 1.807) is 41.5 Å². The summed E-state index contributed by atoms with van der Waals surface area (Å²) in [5, 5.41) is 21.6. The Labute approximate surface area is 177 Å². The zero-order valence-electron chi connectivity index (χ0n) is 18.7. The highest BCUT2D eigenvalue weighted by atomic mass is 16.5. The Bertz CT molecular complexity index is 692. The third kappa shape index (κ3) is 6.37. The quantitative estimate of drug-likeness (QED) is 0.249. The number of esters is 1. The number of amides is 3. The van der Waals surface area contributed by atoms with Gasteiger partial charge in [0, 0.05) is 36.3 Å². The molecule has 9 nitrogen and oxygen atoms in total. The molecule has 9 heteroatoms. The molecule has 1 aliphatic heterocycles. The molecule has 0 aromatic carbocycles. The lowest BCUT2D eigenvalue weighted by Crippen LogP contribution is -2.51. The lowest BCUT2D eigenvalue weighted by atomic mass is 9.79. The van der Waals surface area contributed by atoms with E-state index >= 15 is 0 Å². The van der Waals surface area contributed by atoms with Gasteiger partial charge in [0.25, 0.3) is 11.8 Å². The van der Waals surface area contributed by atoms with E-state index in [0.717, 1.165) is 4.90 Å². The first kappa shape index (κ1) is 25.8. The van der Waals surface area contributed by atoms with Gasteiger partial charge < -0.3 is 20.3 Å². The minimum atomic E-state index is -1.41. The Morgan fingerprint density at radius 3 is 2.13 bits per heavy atom. The number of imide groups is 1. The van der Waals surface area contributed by atoms with Crippen molar-refractivity contribution in [2.45, 2.75) is 66.0 Å². The molecule has 0 aliphatic carbocycles. The van der Waals surface area contributed by atoms with Gasteiger partial charge in [-0.1, -0.05) is 13.8 Å². The standard InChI is InChI=1S/C21H34N2O7/c1-19(2,12-21(5,6)23-14(25)8-9-15(23)26)18(29)30-13-20(3,4)16(27)17(28)22-10-7-11-24/h8-9,16,24,27H,7,10-13H2,1-6H3,(H,22,28). The maximum Gasteiger partial charge on any atom is 0.311 e. The number of hydrogen-bond acceptors (Lipinski definition) is 7. The zero-order chi connectivity index (χ0) is 23.3. The normalized spacial score (nSPS) is 16.1. The summed E-state index contributed by atoms with van der Waals surface area (Å²) in [5.74, 6) is -2.02. The number of ether oxygens (including phenoxy) is 1. The molecule has 30 heavy (non-hydrogen) atoms. The molecule has 1 atom stereocenters. The van der Waals surface area contributed by atoms with Gasteiger partial charge in [0.05, 0.1) is 12.0 Å². The van der Waals surface area contributed by atoms with Crippen molar-refractivity contribution < 1.29 is 34.1 Å². The minimum absolute atomic E-state index is 0.0759. The maximum absolute atomic E-state index is 12.7. The van der Waals surface area contributed by atoms with E-state index in [4.69, 9.17) is 9.84 Å². The number of aliphatic hydroxyl groups is 2. The van der Waals surface area contributed by atoms with Gasteiger partial charge >= 0.3 is 5.97 Å². The van der Waals surface area contributed by atoms with Gasteiger partial charge in [0.2, 0.25) is 5.91 Å². The van der Waals surface area contributed by atoms with Crippen LogP contribution in [0.15, 0.2) is 12.2 Å². The van der Waals surface area contributed by atoms with E-state index in [2.05, 4.69) is 5.32 Å². The van der Waals surface area contributed by atoms with Crippen molar-refractivity contribution in [3.05, 3.63) is 12.2 Å². The Kier molecular flexibility index (Phi) is 8.33. The molecule has 1 unspecified atom stereocenters. The molecule has 3 N–H and O–H groups in total. The molecule has 1 aliphatic rings. The van der Waals surface area contributed by atoms with E-state index < -0.39 is 46.2 Å². The number of nitrogens with zero attached hydrogens (tertiary/aromatic N) is 1. The summed E-state index contributed by atoms with van der Waals surface area (Å²) < 4.78 is 5.41. The van der Waals surface area contributed by atoms with E-state index in [1.165, 1.54) is 12.2 Å². The lowest BCUT2D eigenvalue weighted by molar-refractivity contribution is -0.165. The summed E-state index contributed by atoms with van der Waals surface area (Å²) in [6.07, 6.45) is 1.53. The first-order valence-corrected chi connectivity index (χ1v) is 9.96. The Morgan fingerprint density at radius 1 is 1.10 bits per heavy atom. The molecule has 170 valence electrons. The first-order valence-electron chi connectivity index (χ1n) is 9.96. The summed E-state index contributed by atoms with van der Waals surface area (Å²) >= 11 is 0. The van der Waals surface area contributed by atoms with Gasteiger partial charge in [-0.3, -0.25) is 24.1 Å². The Hall–Kier alpha value is -2.26. The number of hydrogen-bond donors (Lipinski definition) is 3. The van der Waals surface area contributed by atoms with E-state index in [0.29, 0.717) is 6.42 Å². The van der Waals surface area contributed by atoms with Crippen molar-refractivity contribution in [2.75, 3.05) is 19.8 Å². The van der Waals surface area contributed by atoms with Crippen molar-refractivity contribution >= 4 is 23.7 Å². The molecule has 0 radical (unpaired) electrons. The number of nitrogens with one attached hydrogen (secondary N) is 1. The van der Waals surface area contributed by atoms with Gasteiger partial charge in [-0.25, -0.2) is 0 Å². The van der Waals surface area contributed by atoms with Gasteiger partial charge in [-0.2, -0.15) is 0 Å². The van der Waals surface area contributed by atoms with Crippen LogP contribution in [0.25, 0.3) is 0 Å². The third-order valence-electron chi connectivity index (χ3n) is 5.04. The second-order valence-electron chi connectivity index (χ2n) is 9.55. The molecule has 1 rings (SSSR count). The summed E-state index contributed by atoms with van der Waals surface area (Å²) in [5.41, 5.74) is -2.99. The van der Waals surface area contributed by atoms with Crippen LogP contribution in [0, 0.1) is 10.8 Å². The number of carbonyl (C=O) groups is 4. The van der Waals surface area contributed by atoms with Crippen molar-refractivity contribution in [3.8, 4) is 0 Å². The van der Waals surface area contributed by atoms with Gasteiger partial charge in [0.1, 0.15) is 6.10 Å². The predicted octanol–water partition coefficient (Wildman–Crippen LogP) is 0.535. The van der Waals surface area contributed by atoms with Crippen molar-refractivity contribution in [1.29, 1.82) is 0 Å². The SMILES string of the molecule is CC(C)(CC(C)(C)N1C(=O)C=CC1=O)C(=O)OCC(C)(C)C(O)C(=O)NCCCO. The van der Waals surface area contributed by atoms with Crippen molar-refractivity contribution in [3.63, 3.8) is 0 Å². The van der Waals surface area contributed by atoms with Crippen LogP contribution in [-0.2, 0) is 23.9 Å². The monoisotopic (exact) mass is 426 g/mol. The zero-order valence-corrected chi connectivity index (χ0v) is 18.7. The highest BCUT2D eigenvalue weighted by Gasteiger charge is 2.44. The molecule has 0 aromatic heterocycles. The van der Waals surface area contributed by atoms with E-state index in [-0.39, 0.29) is 26.2 Å². The molecular formula is C21H34N2O7. The topological polar surface area (TPSA) is 133 Å². The Balaban J connectivity index is 2.72. The average Bonchev–Trinajstić information content (AvgIpc) is 2.97. The van der Waals surface area contributed by atoms with Crippen LogP contribution in [0.3, 0.4) is 0 Å². The fourth-order valence-corrected chi connectivity index (χ4v) is 3.50. The molecule has 0 saturated carbocycles. The largest absolute Gasteiger partial charge is 0.465 e. The number of carbonyl (C=O) groups excluding carboxylic acids is 4. The smallest absolute Gasteiger partial charge is 0.311 e. The second kappa shape index (κ2) is 9.70. The van der Waals surface area contributed by atoms with Crippen molar-refractivity contribution in [2.24, 2.45) is 10.8 Å². The fraction of sp³-hybridized carbons (Fsp3) is 0.714. The summed E-state index contributed by atoms with van der Waals surface area (Å²) in [7, 11) is 0. The highest BCUT2D eigenvalue weighted by Crippen LogP contribution is 2.35. The molecule has 0 fully saturated rings. The Morgan fingerprint density at radius 2 is 1.63 bits per heavy atom.